The largest absolute Gasteiger partial charge is 0.388 e. The van der Waals surface area contributed by atoms with E-state index >= 15 is 0 Å². The highest BCUT2D eigenvalue weighted by molar-refractivity contribution is 6.37. The van der Waals surface area contributed by atoms with Gasteiger partial charge in [-0.1, -0.05) is 37.0 Å². The summed E-state index contributed by atoms with van der Waals surface area (Å²) in [6.45, 7) is 4.29. The molecule has 0 aliphatic rings. The first kappa shape index (κ1) is 15.3. The fourth-order valence-corrected chi connectivity index (χ4v) is 2.03. The second-order valence-corrected chi connectivity index (χ2v) is 5.00. The lowest BCUT2D eigenvalue weighted by Gasteiger charge is -2.26. The number of hydrogen-bond acceptors (Lipinski definition) is 4. The van der Waals surface area contributed by atoms with Crippen LogP contribution in [0.4, 0.5) is 11.6 Å². The standard InChI is InChI=1S/C12H19Cl2N3O/c1-4-12(18,5-2)7-16-11-9(14)6-8(13)10(15-3)17-11/h6,18H,4-5,7H2,1-3H3,(H2,15,16,17). The summed E-state index contributed by atoms with van der Waals surface area (Å²) < 4.78 is 0. The lowest BCUT2D eigenvalue weighted by molar-refractivity contribution is 0.0456. The predicted molar refractivity (Wildman–Crippen MR) is 77.8 cm³/mol. The van der Waals surface area contributed by atoms with Crippen LogP contribution in [0.2, 0.25) is 10.0 Å². The number of anilines is 2. The summed E-state index contributed by atoms with van der Waals surface area (Å²) >= 11 is 12.0. The third kappa shape index (κ3) is 3.64. The van der Waals surface area contributed by atoms with Crippen LogP contribution in [-0.4, -0.2) is 29.3 Å². The van der Waals surface area contributed by atoms with E-state index in [1.807, 2.05) is 13.8 Å². The molecule has 18 heavy (non-hydrogen) atoms. The van der Waals surface area contributed by atoms with Gasteiger partial charge in [0.1, 0.15) is 11.6 Å². The van der Waals surface area contributed by atoms with E-state index in [0.717, 1.165) is 0 Å². The zero-order valence-corrected chi connectivity index (χ0v) is 12.4. The molecular weight excluding hydrogens is 273 g/mol. The molecule has 0 saturated heterocycles. The van der Waals surface area contributed by atoms with Crippen molar-refractivity contribution in [1.82, 2.24) is 4.98 Å². The van der Waals surface area contributed by atoms with Gasteiger partial charge in [-0.15, -0.1) is 0 Å². The van der Waals surface area contributed by atoms with Crippen molar-refractivity contribution in [2.45, 2.75) is 32.3 Å². The Morgan fingerprint density at radius 1 is 1.22 bits per heavy atom. The SMILES string of the molecule is CCC(O)(CC)CNc1nc(NC)c(Cl)cc1Cl. The molecule has 0 aliphatic carbocycles. The Morgan fingerprint density at radius 3 is 2.28 bits per heavy atom. The number of nitrogens with one attached hydrogen (secondary N) is 2. The molecule has 0 spiro atoms. The van der Waals surface area contributed by atoms with Crippen LogP contribution in [0.15, 0.2) is 6.07 Å². The van der Waals surface area contributed by atoms with E-state index in [1.165, 1.54) is 0 Å². The van der Waals surface area contributed by atoms with Crippen LogP contribution in [-0.2, 0) is 0 Å². The zero-order valence-electron chi connectivity index (χ0n) is 10.8. The minimum atomic E-state index is -0.746. The van der Waals surface area contributed by atoms with Crippen LogP contribution in [0.1, 0.15) is 26.7 Å². The lowest BCUT2D eigenvalue weighted by Crippen LogP contribution is -2.35. The van der Waals surface area contributed by atoms with Crippen molar-refractivity contribution in [2.75, 3.05) is 24.2 Å². The third-order valence-corrected chi connectivity index (χ3v) is 3.64. The highest BCUT2D eigenvalue weighted by atomic mass is 35.5. The van der Waals surface area contributed by atoms with Gasteiger partial charge in [-0.3, -0.25) is 0 Å². The van der Waals surface area contributed by atoms with E-state index in [-0.39, 0.29) is 0 Å². The molecule has 3 N–H and O–H groups in total. The molecule has 0 unspecified atom stereocenters. The summed E-state index contributed by atoms with van der Waals surface area (Å²) in [7, 11) is 1.74. The van der Waals surface area contributed by atoms with Gasteiger partial charge in [0.05, 0.1) is 15.6 Å². The van der Waals surface area contributed by atoms with Gasteiger partial charge >= 0.3 is 0 Å². The Morgan fingerprint density at radius 2 is 1.78 bits per heavy atom. The molecule has 0 saturated carbocycles. The minimum absolute atomic E-state index is 0.400. The summed E-state index contributed by atoms with van der Waals surface area (Å²) in [6.07, 6.45) is 1.33. The number of nitrogens with zero attached hydrogens (tertiary/aromatic N) is 1. The Kier molecular flexibility index (Phi) is 5.50. The molecule has 1 heterocycles. The number of rotatable bonds is 6. The van der Waals surface area contributed by atoms with Crippen molar-refractivity contribution in [3.63, 3.8) is 0 Å². The average Bonchev–Trinajstić information content (AvgIpc) is 2.37. The molecule has 1 aromatic rings. The van der Waals surface area contributed by atoms with E-state index in [0.29, 0.717) is 41.1 Å². The summed E-state index contributed by atoms with van der Waals surface area (Å²) in [6, 6.07) is 1.63. The van der Waals surface area contributed by atoms with Crippen LogP contribution in [0.5, 0.6) is 0 Å². The number of aromatic nitrogens is 1. The first-order valence-electron chi connectivity index (χ1n) is 5.95. The Labute approximate surface area is 118 Å². The molecule has 102 valence electrons. The first-order chi connectivity index (χ1) is 8.45. The molecule has 0 aromatic carbocycles. The van der Waals surface area contributed by atoms with Gasteiger partial charge < -0.3 is 15.7 Å². The number of halogens is 2. The molecule has 0 amide bonds. The van der Waals surface area contributed by atoms with Gasteiger partial charge in [0, 0.05) is 13.6 Å². The normalized spacial score (nSPS) is 11.4. The van der Waals surface area contributed by atoms with Crippen LogP contribution < -0.4 is 10.6 Å². The van der Waals surface area contributed by atoms with E-state index in [1.54, 1.807) is 13.1 Å². The van der Waals surface area contributed by atoms with Crippen molar-refractivity contribution < 1.29 is 5.11 Å². The fraction of sp³-hybridized carbons (Fsp3) is 0.583. The summed E-state index contributed by atoms with van der Waals surface area (Å²) in [5, 5.41) is 17.0. The quantitative estimate of drug-likeness (QED) is 0.752. The molecule has 6 heteroatoms. The highest BCUT2D eigenvalue weighted by Crippen LogP contribution is 2.29. The molecule has 0 aliphatic heterocycles. The van der Waals surface area contributed by atoms with Gasteiger partial charge in [0.2, 0.25) is 0 Å². The van der Waals surface area contributed by atoms with Crippen molar-refractivity contribution >= 4 is 34.8 Å². The minimum Gasteiger partial charge on any atom is -0.388 e. The van der Waals surface area contributed by atoms with Crippen molar-refractivity contribution in [3.05, 3.63) is 16.1 Å². The van der Waals surface area contributed by atoms with Crippen LogP contribution in [0, 0.1) is 0 Å². The van der Waals surface area contributed by atoms with Crippen molar-refractivity contribution in [3.8, 4) is 0 Å². The number of pyridine rings is 1. The Hall–Kier alpha value is -0.710. The average molecular weight is 292 g/mol. The smallest absolute Gasteiger partial charge is 0.147 e. The van der Waals surface area contributed by atoms with Crippen molar-refractivity contribution in [2.24, 2.45) is 0 Å². The van der Waals surface area contributed by atoms with Crippen molar-refractivity contribution in [1.29, 1.82) is 0 Å². The maximum Gasteiger partial charge on any atom is 0.147 e. The second kappa shape index (κ2) is 6.45. The molecular formula is C12H19Cl2N3O. The Bertz CT molecular complexity index is 409. The fourth-order valence-electron chi connectivity index (χ4n) is 1.51. The van der Waals surface area contributed by atoms with Gasteiger partial charge in [0.25, 0.3) is 0 Å². The second-order valence-electron chi connectivity index (χ2n) is 4.18. The first-order valence-corrected chi connectivity index (χ1v) is 6.71. The topological polar surface area (TPSA) is 57.2 Å². The molecule has 4 nitrogen and oxygen atoms in total. The van der Waals surface area contributed by atoms with Gasteiger partial charge in [-0.25, -0.2) is 4.98 Å². The number of hydrogen-bond donors (Lipinski definition) is 3. The van der Waals surface area contributed by atoms with Gasteiger partial charge in [-0.2, -0.15) is 0 Å². The zero-order chi connectivity index (χ0) is 13.8. The van der Waals surface area contributed by atoms with E-state index in [4.69, 9.17) is 23.2 Å². The third-order valence-electron chi connectivity index (χ3n) is 3.07. The maximum atomic E-state index is 10.2. The molecule has 1 aromatic heterocycles. The molecule has 0 bridgehead atoms. The molecule has 1 rings (SSSR count). The van der Waals surface area contributed by atoms with Gasteiger partial charge in [-0.05, 0) is 18.9 Å². The summed E-state index contributed by atoms with van der Waals surface area (Å²) in [5.74, 6) is 1.07. The lowest BCUT2D eigenvalue weighted by atomic mass is 9.98. The summed E-state index contributed by atoms with van der Waals surface area (Å²) in [4.78, 5) is 4.26. The molecule has 0 fully saturated rings. The van der Waals surface area contributed by atoms with E-state index in [9.17, 15) is 5.11 Å². The highest BCUT2D eigenvalue weighted by Gasteiger charge is 2.22. The van der Waals surface area contributed by atoms with Crippen LogP contribution in [0.25, 0.3) is 0 Å². The van der Waals surface area contributed by atoms with Gasteiger partial charge in [0.15, 0.2) is 0 Å². The van der Waals surface area contributed by atoms with Crippen LogP contribution in [0.3, 0.4) is 0 Å². The predicted octanol–water partition coefficient (Wildman–Crippen LogP) is 3.39. The maximum absolute atomic E-state index is 10.2. The van der Waals surface area contributed by atoms with E-state index in [2.05, 4.69) is 15.6 Å². The summed E-state index contributed by atoms with van der Waals surface area (Å²) in [5.41, 5.74) is -0.746. The Balaban J connectivity index is 2.85. The van der Waals surface area contributed by atoms with E-state index < -0.39 is 5.60 Å². The molecule has 0 atom stereocenters. The van der Waals surface area contributed by atoms with Crippen LogP contribution >= 0.6 is 23.2 Å². The molecule has 0 radical (unpaired) electrons. The monoisotopic (exact) mass is 291 g/mol. The number of aliphatic hydroxyl groups is 1.